The summed E-state index contributed by atoms with van der Waals surface area (Å²) < 4.78 is 0. The number of nitro benzene ring substituents is 1. The van der Waals surface area contributed by atoms with Gasteiger partial charge >= 0.3 is 5.69 Å². The molecule has 1 fully saturated rings. The summed E-state index contributed by atoms with van der Waals surface area (Å²) in [5, 5.41) is 40.2. The Morgan fingerprint density at radius 3 is 2.43 bits per heavy atom. The van der Waals surface area contributed by atoms with Crippen LogP contribution in [0.15, 0.2) is 12.1 Å². The average molecular weight is 296 g/mol. The van der Waals surface area contributed by atoms with Gasteiger partial charge in [0.25, 0.3) is 0 Å². The lowest BCUT2D eigenvalue weighted by molar-refractivity contribution is -0.386. The van der Waals surface area contributed by atoms with E-state index in [1.54, 1.807) is 0 Å². The predicted molar refractivity (Wildman–Crippen MR) is 75.9 cm³/mol. The highest BCUT2D eigenvalue weighted by Gasteiger charge is 2.30. The van der Waals surface area contributed by atoms with Crippen molar-refractivity contribution in [3.05, 3.63) is 27.8 Å². The first kappa shape index (κ1) is 15.5. The molecule has 0 bridgehead atoms. The van der Waals surface area contributed by atoms with Gasteiger partial charge in [0.2, 0.25) is 5.75 Å². The van der Waals surface area contributed by atoms with Crippen LogP contribution in [0.25, 0.3) is 0 Å². The summed E-state index contributed by atoms with van der Waals surface area (Å²) in [5.41, 5.74) is 5.62. The molecule has 1 aliphatic rings. The van der Waals surface area contributed by atoms with E-state index in [1.165, 1.54) is 6.07 Å². The lowest BCUT2D eigenvalue weighted by Gasteiger charge is -2.30. The summed E-state index contributed by atoms with van der Waals surface area (Å²) in [4.78, 5) is 10.1. The fourth-order valence-corrected chi connectivity index (χ4v) is 2.92. The number of benzene rings is 1. The predicted octanol–water partition coefficient (Wildman–Crippen LogP) is 1.95. The first-order valence-corrected chi connectivity index (χ1v) is 7.05. The summed E-state index contributed by atoms with van der Waals surface area (Å²) in [5.74, 6) is -1.34. The molecule has 1 aromatic carbocycles. The second-order valence-electron chi connectivity index (χ2n) is 5.58. The van der Waals surface area contributed by atoms with Crippen molar-refractivity contribution in [1.82, 2.24) is 0 Å². The number of nitro groups is 1. The Morgan fingerprint density at radius 1 is 1.24 bits per heavy atom. The van der Waals surface area contributed by atoms with Gasteiger partial charge in [0, 0.05) is 6.07 Å². The van der Waals surface area contributed by atoms with Gasteiger partial charge in [-0.3, -0.25) is 10.1 Å². The van der Waals surface area contributed by atoms with Crippen LogP contribution in [-0.4, -0.2) is 26.3 Å². The second kappa shape index (κ2) is 6.28. The van der Waals surface area contributed by atoms with Crippen molar-refractivity contribution in [2.45, 2.75) is 44.2 Å². The molecule has 0 amide bonds. The van der Waals surface area contributed by atoms with Crippen LogP contribution in [0.1, 0.15) is 43.7 Å². The molecule has 0 aliphatic heterocycles. The highest BCUT2D eigenvalue weighted by atomic mass is 16.6. The van der Waals surface area contributed by atoms with Crippen molar-refractivity contribution in [2.24, 2.45) is 11.7 Å². The highest BCUT2D eigenvalue weighted by Crippen LogP contribution is 2.39. The standard InChI is InChI=1S/C14H20N2O5/c15-12(13(18)8-4-2-1-3-5-8)9-6-10(16(20)21)14(19)11(17)7-9/h6-8,12-13,17-19H,1-5,15H2/t12-,13+/m0/s1. The molecule has 116 valence electrons. The maximum absolute atomic E-state index is 10.9. The van der Waals surface area contributed by atoms with Gasteiger partial charge in [0.1, 0.15) is 0 Å². The van der Waals surface area contributed by atoms with Gasteiger partial charge < -0.3 is 21.1 Å². The zero-order valence-corrected chi connectivity index (χ0v) is 11.6. The third-order valence-electron chi connectivity index (χ3n) is 4.17. The Bertz CT molecular complexity index is 528. The molecule has 2 rings (SSSR count). The van der Waals surface area contributed by atoms with Crippen LogP contribution in [-0.2, 0) is 0 Å². The second-order valence-corrected chi connectivity index (χ2v) is 5.58. The number of rotatable bonds is 4. The van der Waals surface area contributed by atoms with E-state index < -0.39 is 34.3 Å². The van der Waals surface area contributed by atoms with Gasteiger partial charge in [-0.2, -0.15) is 0 Å². The number of aliphatic hydroxyl groups excluding tert-OH is 1. The van der Waals surface area contributed by atoms with Gasteiger partial charge in [-0.1, -0.05) is 19.3 Å². The number of aromatic hydroxyl groups is 2. The van der Waals surface area contributed by atoms with Gasteiger partial charge in [-0.05, 0) is 30.4 Å². The minimum atomic E-state index is -0.835. The normalized spacial score (nSPS) is 19.1. The number of hydrogen-bond acceptors (Lipinski definition) is 6. The van der Waals surface area contributed by atoms with E-state index in [4.69, 9.17) is 5.73 Å². The van der Waals surface area contributed by atoms with Crippen molar-refractivity contribution >= 4 is 5.69 Å². The molecule has 1 saturated carbocycles. The Labute approximate surface area is 122 Å². The van der Waals surface area contributed by atoms with Crippen molar-refractivity contribution in [2.75, 3.05) is 0 Å². The van der Waals surface area contributed by atoms with Gasteiger partial charge in [0.15, 0.2) is 5.75 Å². The monoisotopic (exact) mass is 296 g/mol. The molecule has 0 heterocycles. The number of nitrogens with two attached hydrogens (primary N) is 1. The van der Waals surface area contributed by atoms with Crippen LogP contribution < -0.4 is 5.73 Å². The van der Waals surface area contributed by atoms with Crippen LogP contribution >= 0.6 is 0 Å². The van der Waals surface area contributed by atoms with E-state index in [0.717, 1.165) is 38.2 Å². The molecule has 7 heteroatoms. The molecule has 1 aliphatic carbocycles. The van der Waals surface area contributed by atoms with E-state index in [0.29, 0.717) is 0 Å². The lowest BCUT2D eigenvalue weighted by atomic mass is 9.81. The smallest absolute Gasteiger partial charge is 0.314 e. The van der Waals surface area contributed by atoms with E-state index in [2.05, 4.69) is 0 Å². The third-order valence-corrected chi connectivity index (χ3v) is 4.17. The average Bonchev–Trinajstić information content (AvgIpc) is 2.49. The Hall–Kier alpha value is -1.86. The molecule has 2 atom stereocenters. The molecule has 0 unspecified atom stereocenters. The third kappa shape index (κ3) is 3.25. The van der Waals surface area contributed by atoms with Gasteiger partial charge in [0.05, 0.1) is 17.1 Å². The van der Waals surface area contributed by atoms with Crippen molar-refractivity contribution < 1.29 is 20.2 Å². The maximum atomic E-state index is 10.9. The summed E-state index contributed by atoms with van der Waals surface area (Å²) >= 11 is 0. The topological polar surface area (TPSA) is 130 Å². The maximum Gasteiger partial charge on any atom is 0.314 e. The summed E-state index contributed by atoms with van der Waals surface area (Å²) in [6.45, 7) is 0. The van der Waals surface area contributed by atoms with Gasteiger partial charge in [-0.25, -0.2) is 0 Å². The fraction of sp³-hybridized carbons (Fsp3) is 0.571. The molecular formula is C14H20N2O5. The zero-order chi connectivity index (χ0) is 15.6. The van der Waals surface area contributed by atoms with Crippen LogP contribution in [0.3, 0.4) is 0 Å². The molecule has 1 aromatic rings. The van der Waals surface area contributed by atoms with E-state index in [-0.39, 0.29) is 11.5 Å². The molecule has 0 aromatic heterocycles. The molecule has 0 radical (unpaired) electrons. The van der Waals surface area contributed by atoms with Crippen LogP contribution in [0.4, 0.5) is 5.69 Å². The Morgan fingerprint density at radius 2 is 1.86 bits per heavy atom. The quantitative estimate of drug-likeness (QED) is 0.381. The number of aliphatic hydroxyl groups is 1. The molecule has 7 nitrogen and oxygen atoms in total. The van der Waals surface area contributed by atoms with E-state index >= 15 is 0 Å². The SMILES string of the molecule is N[C@@H](c1cc(O)c(O)c([N+](=O)[O-])c1)[C@H](O)C1CCCCC1. The van der Waals surface area contributed by atoms with Crippen LogP contribution in [0, 0.1) is 16.0 Å². The summed E-state index contributed by atoms with van der Waals surface area (Å²) in [6, 6.07) is 1.43. The first-order chi connectivity index (χ1) is 9.91. The molecule has 21 heavy (non-hydrogen) atoms. The van der Waals surface area contributed by atoms with E-state index in [9.17, 15) is 25.4 Å². The number of hydrogen-bond donors (Lipinski definition) is 4. The number of phenolic OH excluding ortho intramolecular Hbond substituents is 2. The highest BCUT2D eigenvalue weighted by molar-refractivity contribution is 5.57. The van der Waals surface area contributed by atoms with E-state index in [1.807, 2.05) is 0 Å². The summed E-state index contributed by atoms with van der Waals surface area (Å²) in [6.07, 6.45) is 4.14. The fourth-order valence-electron chi connectivity index (χ4n) is 2.92. The van der Waals surface area contributed by atoms with Gasteiger partial charge in [-0.15, -0.1) is 0 Å². The van der Waals surface area contributed by atoms with Crippen molar-refractivity contribution in [1.29, 1.82) is 0 Å². The Balaban J connectivity index is 2.25. The summed E-state index contributed by atoms with van der Waals surface area (Å²) in [7, 11) is 0. The van der Waals surface area contributed by atoms with Crippen LogP contribution in [0.2, 0.25) is 0 Å². The number of phenols is 2. The first-order valence-electron chi connectivity index (χ1n) is 7.05. The minimum Gasteiger partial charge on any atom is -0.504 e. The molecular weight excluding hydrogens is 276 g/mol. The zero-order valence-electron chi connectivity index (χ0n) is 11.6. The number of nitrogens with zero attached hydrogens (tertiary/aromatic N) is 1. The van der Waals surface area contributed by atoms with Crippen molar-refractivity contribution in [3.8, 4) is 11.5 Å². The van der Waals surface area contributed by atoms with Crippen molar-refractivity contribution in [3.63, 3.8) is 0 Å². The molecule has 5 N–H and O–H groups in total. The Kier molecular flexibility index (Phi) is 4.64. The largest absolute Gasteiger partial charge is 0.504 e. The minimum absolute atomic E-state index is 0.0590. The van der Waals surface area contributed by atoms with Crippen LogP contribution in [0.5, 0.6) is 11.5 Å². The lowest BCUT2D eigenvalue weighted by Crippen LogP contribution is -2.34. The molecule has 0 saturated heterocycles. The molecule has 0 spiro atoms.